The minimum Gasteiger partial charge on any atom is -0.630 e. The van der Waals surface area contributed by atoms with Gasteiger partial charge in [0.05, 0.1) is 22.0 Å². The second-order valence-electron chi connectivity index (χ2n) is 8.62. The molecule has 3 rings (SSSR count). The summed E-state index contributed by atoms with van der Waals surface area (Å²) in [5.74, 6) is 3.80. The van der Waals surface area contributed by atoms with E-state index in [1.165, 1.54) is 22.3 Å². The maximum atomic E-state index is 12.8. The maximum Gasteiger partial charge on any atom is 0.126 e. The zero-order valence-corrected chi connectivity index (χ0v) is 21.3. The Bertz CT molecular complexity index is 1040. The Morgan fingerprint density at radius 2 is 1.45 bits per heavy atom. The van der Waals surface area contributed by atoms with E-state index in [2.05, 4.69) is 57.2 Å². The fraction of sp³-hybridized carbons (Fsp3) is 0.345. The normalized spacial score (nSPS) is 12.5. The van der Waals surface area contributed by atoms with Crippen LogP contribution in [-0.4, -0.2) is 26.2 Å². The molecule has 4 heteroatoms. The molecule has 0 aliphatic rings. The number of rotatable bonds is 10. The van der Waals surface area contributed by atoms with Crippen molar-refractivity contribution in [3.8, 4) is 11.5 Å². The van der Waals surface area contributed by atoms with Gasteiger partial charge in [-0.3, -0.25) is 0 Å². The summed E-state index contributed by atoms with van der Waals surface area (Å²) in [7, 11) is 2.03. The van der Waals surface area contributed by atoms with Crippen LogP contribution in [0.5, 0.6) is 11.5 Å². The van der Waals surface area contributed by atoms with Crippen LogP contribution in [0.2, 0.25) is 0 Å². The standard InChI is InChI=1S/C29H35O3P/c1-21-18-22(2)26(23(3)19-21)20-33(30)17-10-9-14-25(24-12-7-6-8-13-24)29-27(31-4)15-11-16-28(29)32-5/h6-8,11-13,15-16,18-20,25H,9-10,14,17H2,1-5H3. The molecule has 3 nitrogen and oxygen atoms in total. The third-order valence-electron chi connectivity index (χ3n) is 6.15. The highest BCUT2D eigenvalue weighted by molar-refractivity contribution is 7.50. The molecule has 0 heterocycles. The number of unbranched alkanes of at least 4 members (excludes halogenated alkanes) is 1. The predicted octanol–water partition coefficient (Wildman–Crippen LogP) is 6.54. The van der Waals surface area contributed by atoms with E-state index in [9.17, 15) is 4.89 Å². The first-order valence-corrected chi connectivity index (χ1v) is 13.1. The van der Waals surface area contributed by atoms with E-state index in [-0.39, 0.29) is 5.92 Å². The van der Waals surface area contributed by atoms with E-state index in [1.807, 2.05) is 30.1 Å². The summed E-state index contributed by atoms with van der Waals surface area (Å²) < 4.78 is 11.4. The van der Waals surface area contributed by atoms with Gasteiger partial charge in [-0.15, -0.1) is 0 Å². The van der Waals surface area contributed by atoms with Gasteiger partial charge in [0.25, 0.3) is 0 Å². The lowest BCUT2D eigenvalue weighted by atomic mass is 9.86. The number of ether oxygens (including phenoxy) is 2. The molecule has 0 amide bonds. The molecule has 0 radical (unpaired) electrons. The van der Waals surface area contributed by atoms with E-state index in [1.54, 1.807) is 14.2 Å². The van der Waals surface area contributed by atoms with Gasteiger partial charge >= 0.3 is 0 Å². The third-order valence-corrected chi connectivity index (χ3v) is 7.45. The number of aryl methyl sites for hydroxylation is 3. The van der Waals surface area contributed by atoms with Crippen LogP contribution in [0.25, 0.3) is 0 Å². The highest BCUT2D eigenvalue weighted by atomic mass is 31.1. The van der Waals surface area contributed by atoms with Crippen LogP contribution in [0, 0.1) is 20.8 Å². The number of hydrogen-bond donors (Lipinski definition) is 0. The molecular formula is C29H35O3P. The van der Waals surface area contributed by atoms with Gasteiger partial charge in [0, 0.05) is 17.0 Å². The van der Waals surface area contributed by atoms with E-state index >= 15 is 0 Å². The Kier molecular flexibility index (Phi) is 9.11. The molecule has 0 fully saturated rings. The Morgan fingerprint density at radius 3 is 2.03 bits per heavy atom. The highest BCUT2D eigenvalue weighted by Crippen LogP contribution is 2.41. The predicted molar refractivity (Wildman–Crippen MR) is 139 cm³/mol. The molecular weight excluding hydrogens is 427 g/mol. The highest BCUT2D eigenvalue weighted by Gasteiger charge is 2.22. The van der Waals surface area contributed by atoms with Gasteiger partial charge in [0.1, 0.15) is 23.5 Å². The topological polar surface area (TPSA) is 41.5 Å². The first-order valence-electron chi connectivity index (χ1n) is 11.6. The summed E-state index contributed by atoms with van der Waals surface area (Å²) in [5, 5.41) is 0. The van der Waals surface area contributed by atoms with E-state index in [0.29, 0.717) is 6.16 Å². The molecule has 3 aromatic carbocycles. The molecule has 174 valence electrons. The minimum atomic E-state index is -1.38. The second kappa shape index (κ2) is 12.0. The maximum absolute atomic E-state index is 12.8. The van der Waals surface area contributed by atoms with Crippen molar-refractivity contribution >= 4 is 13.6 Å². The summed E-state index contributed by atoms with van der Waals surface area (Å²) in [6.07, 6.45) is 3.52. The van der Waals surface area contributed by atoms with Gasteiger partial charge in [0.2, 0.25) is 0 Å². The van der Waals surface area contributed by atoms with Crippen LogP contribution in [0.15, 0.2) is 60.7 Å². The third kappa shape index (κ3) is 6.47. The molecule has 33 heavy (non-hydrogen) atoms. The molecule has 0 aromatic heterocycles. The van der Waals surface area contributed by atoms with Crippen molar-refractivity contribution in [2.75, 3.05) is 20.4 Å². The average molecular weight is 463 g/mol. The van der Waals surface area contributed by atoms with Crippen molar-refractivity contribution in [2.45, 2.75) is 46.0 Å². The van der Waals surface area contributed by atoms with Crippen LogP contribution in [-0.2, 0) is 0 Å². The van der Waals surface area contributed by atoms with Crippen molar-refractivity contribution < 1.29 is 14.4 Å². The van der Waals surface area contributed by atoms with Crippen molar-refractivity contribution in [3.05, 3.63) is 94.0 Å². The monoisotopic (exact) mass is 462 g/mol. The van der Waals surface area contributed by atoms with E-state index in [4.69, 9.17) is 9.47 Å². The lowest BCUT2D eigenvalue weighted by Gasteiger charge is -2.23. The SMILES string of the molecule is COc1cccc(OC)c1C(CCCC[P+]([O-])=Cc1c(C)cc(C)cc1C)c1ccccc1. The van der Waals surface area contributed by atoms with Crippen LogP contribution in [0.4, 0.5) is 0 Å². The number of benzene rings is 3. The Labute approximate surface area is 199 Å². The minimum absolute atomic E-state index is 0.153. The first-order chi connectivity index (χ1) is 15.9. The fourth-order valence-electron chi connectivity index (χ4n) is 4.61. The van der Waals surface area contributed by atoms with Crippen molar-refractivity contribution in [1.82, 2.24) is 0 Å². The molecule has 2 atom stereocenters. The first kappa shape index (κ1) is 25.0. The van der Waals surface area contributed by atoms with Crippen molar-refractivity contribution in [2.24, 2.45) is 0 Å². The number of methoxy groups -OCH3 is 2. The summed E-state index contributed by atoms with van der Waals surface area (Å²) in [6.45, 7) is 6.30. The molecule has 0 aliphatic carbocycles. The lowest BCUT2D eigenvalue weighted by Crippen LogP contribution is -2.07. The fourth-order valence-corrected chi connectivity index (χ4v) is 5.97. The van der Waals surface area contributed by atoms with Crippen LogP contribution in [0.1, 0.15) is 58.6 Å². The van der Waals surface area contributed by atoms with Gasteiger partial charge in [-0.1, -0.05) is 54.1 Å². The van der Waals surface area contributed by atoms with Gasteiger partial charge in [-0.25, -0.2) is 0 Å². The molecule has 0 saturated carbocycles. The molecule has 2 unspecified atom stereocenters. The molecule has 0 N–H and O–H groups in total. The molecule has 3 aromatic rings. The zero-order chi connectivity index (χ0) is 23.8. The summed E-state index contributed by atoms with van der Waals surface area (Å²) in [4.78, 5) is 12.8. The zero-order valence-electron chi connectivity index (χ0n) is 20.4. The second-order valence-corrected chi connectivity index (χ2v) is 10.2. The largest absolute Gasteiger partial charge is 0.630 e. The van der Waals surface area contributed by atoms with Crippen LogP contribution in [0.3, 0.4) is 0 Å². The van der Waals surface area contributed by atoms with E-state index in [0.717, 1.165) is 41.9 Å². The average Bonchev–Trinajstić information content (AvgIpc) is 2.81. The van der Waals surface area contributed by atoms with Crippen LogP contribution >= 0.6 is 7.77 Å². The van der Waals surface area contributed by atoms with Gasteiger partial charge in [0.15, 0.2) is 0 Å². The van der Waals surface area contributed by atoms with Gasteiger partial charge < -0.3 is 14.4 Å². The van der Waals surface area contributed by atoms with Crippen LogP contribution < -0.4 is 14.4 Å². The number of hydrogen-bond acceptors (Lipinski definition) is 3. The summed E-state index contributed by atoms with van der Waals surface area (Å²) in [6, 6.07) is 20.8. The summed E-state index contributed by atoms with van der Waals surface area (Å²) >= 11 is 0. The molecule has 0 aliphatic heterocycles. The van der Waals surface area contributed by atoms with Gasteiger partial charge in [-0.05, 0) is 68.9 Å². The Morgan fingerprint density at radius 1 is 0.848 bits per heavy atom. The van der Waals surface area contributed by atoms with Crippen molar-refractivity contribution in [1.29, 1.82) is 0 Å². The Balaban J connectivity index is 1.75. The van der Waals surface area contributed by atoms with E-state index < -0.39 is 7.77 Å². The smallest absolute Gasteiger partial charge is 0.126 e. The molecule has 0 bridgehead atoms. The van der Waals surface area contributed by atoms with Gasteiger partial charge in [-0.2, -0.15) is 0 Å². The quantitative estimate of drug-likeness (QED) is 0.254. The lowest BCUT2D eigenvalue weighted by molar-refractivity contribution is -0.152. The Hall–Kier alpha value is -2.61. The molecule has 0 spiro atoms. The van der Waals surface area contributed by atoms with Crippen molar-refractivity contribution in [3.63, 3.8) is 0 Å². The molecule has 0 saturated heterocycles. The summed E-state index contributed by atoms with van der Waals surface area (Å²) in [5.41, 5.74) is 7.09.